The van der Waals surface area contributed by atoms with E-state index in [2.05, 4.69) is 6.92 Å². The summed E-state index contributed by atoms with van der Waals surface area (Å²) in [6.07, 6.45) is 14.7. The van der Waals surface area contributed by atoms with Crippen LogP contribution in [0.25, 0.3) is 0 Å². The largest absolute Gasteiger partial charge is 0.393 e. The van der Waals surface area contributed by atoms with Crippen molar-refractivity contribution in [1.29, 1.82) is 0 Å². The van der Waals surface area contributed by atoms with Crippen molar-refractivity contribution < 1.29 is 5.11 Å². The molecule has 0 aromatic rings. The summed E-state index contributed by atoms with van der Waals surface area (Å²) in [5.41, 5.74) is 0. The molecule has 0 spiro atoms. The van der Waals surface area contributed by atoms with Crippen LogP contribution in [0, 0.1) is 17.8 Å². The van der Waals surface area contributed by atoms with E-state index < -0.39 is 0 Å². The van der Waals surface area contributed by atoms with E-state index in [9.17, 15) is 5.11 Å². The Morgan fingerprint density at radius 3 is 2.18 bits per heavy atom. The molecule has 0 bridgehead atoms. The third-order valence-electron chi connectivity index (χ3n) is 5.18. The smallest absolute Gasteiger partial charge is 0.0571 e. The van der Waals surface area contributed by atoms with Crippen molar-refractivity contribution in [3.63, 3.8) is 0 Å². The number of hydrogen-bond donors (Lipinski definition) is 1. The van der Waals surface area contributed by atoms with Crippen molar-refractivity contribution in [2.75, 3.05) is 0 Å². The van der Waals surface area contributed by atoms with E-state index in [0.717, 1.165) is 18.3 Å². The molecule has 0 saturated heterocycles. The summed E-state index contributed by atoms with van der Waals surface area (Å²) in [6.45, 7) is 2.29. The maximum Gasteiger partial charge on any atom is 0.0571 e. The normalized spacial score (nSPS) is 32.8. The number of aliphatic hydroxyl groups is 1. The summed E-state index contributed by atoms with van der Waals surface area (Å²) >= 11 is 0. The fraction of sp³-hybridized carbons (Fsp3) is 1.00. The average Bonchev–Trinajstić information content (AvgIpc) is 2.83. The minimum absolute atomic E-state index is 0.0145. The molecule has 0 aliphatic heterocycles. The maximum absolute atomic E-state index is 10.4. The molecule has 0 aromatic heterocycles. The summed E-state index contributed by atoms with van der Waals surface area (Å²) in [5.74, 6) is 2.44. The van der Waals surface area contributed by atoms with Crippen LogP contribution in [0.1, 0.15) is 77.6 Å². The van der Waals surface area contributed by atoms with Crippen LogP contribution in [0.4, 0.5) is 0 Å². The Balaban J connectivity index is 1.68. The first-order valence-corrected chi connectivity index (χ1v) is 7.97. The lowest BCUT2D eigenvalue weighted by molar-refractivity contribution is 0.0529. The summed E-state index contributed by atoms with van der Waals surface area (Å²) in [5, 5.41) is 10.4. The minimum Gasteiger partial charge on any atom is -0.393 e. The molecule has 0 radical (unpaired) electrons. The van der Waals surface area contributed by atoms with E-state index in [4.69, 9.17) is 0 Å². The summed E-state index contributed by atoms with van der Waals surface area (Å²) in [7, 11) is 0. The van der Waals surface area contributed by atoms with Gasteiger partial charge in [-0.1, -0.05) is 58.3 Å². The predicted molar refractivity (Wildman–Crippen MR) is 72.9 cm³/mol. The van der Waals surface area contributed by atoms with Gasteiger partial charge in [-0.3, -0.25) is 0 Å². The first-order chi connectivity index (χ1) is 8.29. The Bertz CT molecular complexity index is 200. The van der Waals surface area contributed by atoms with Gasteiger partial charge >= 0.3 is 0 Å². The Hall–Kier alpha value is -0.0400. The molecule has 17 heavy (non-hydrogen) atoms. The molecule has 2 aliphatic rings. The lowest BCUT2D eigenvalue weighted by Crippen LogP contribution is -2.27. The molecule has 0 heterocycles. The van der Waals surface area contributed by atoms with E-state index >= 15 is 0 Å². The van der Waals surface area contributed by atoms with Gasteiger partial charge in [0.15, 0.2) is 0 Å². The molecule has 1 N–H and O–H groups in total. The highest BCUT2D eigenvalue weighted by atomic mass is 16.3. The zero-order chi connectivity index (χ0) is 12.1. The van der Waals surface area contributed by atoms with Gasteiger partial charge in [-0.05, 0) is 37.0 Å². The van der Waals surface area contributed by atoms with Crippen LogP contribution in [0.15, 0.2) is 0 Å². The van der Waals surface area contributed by atoms with Crippen LogP contribution in [-0.4, -0.2) is 11.2 Å². The van der Waals surface area contributed by atoms with Crippen molar-refractivity contribution in [3.05, 3.63) is 0 Å². The van der Waals surface area contributed by atoms with Crippen molar-refractivity contribution >= 4 is 0 Å². The molecule has 1 unspecified atom stereocenters. The predicted octanol–water partition coefficient (Wildman–Crippen LogP) is 4.53. The standard InChI is InChI=1S/C16H30O/c1-2-5-13-8-10-15(11-9-13)16(17)12-14-6-3-4-7-14/h13-17H,2-12H2,1H3. The molecule has 2 fully saturated rings. The molecule has 1 atom stereocenters. The summed E-state index contributed by atoms with van der Waals surface area (Å²) in [6, 6.07) is 0. The highest BCUT2D eigenvalue weighted by Crippen LogP contribution is 2.37. The zero-order valence-electron chi connectivity index (χ0n) is 11.5. The summed E-state index contributed by atoms with van der Waals surface area (Å²) < 4.78 is 0. The molecule has 1 nitrogen and oxygen atoms in total. The SMILES string of the molecule is CCCC1CCC(C(O)CC2CCCC2)CC1. The van der Waals surface area contributed by atoms with Gasteiger partial charge in [0.2, 0.25) is 0 Å². The van der Waals surface area contributed by atoms with Crippen LogP contribution in [-0.2, 0) is 0 Å². The quantitative estimate of drug-likeness (QED) is 0.746. The minimum atomic E-state index is 0.0145. The van der Waals surface area contributed by atoms with Crippen molar-refractivity contribution in [2.45, 2.75) is 83.7 Å². The molecule has 0 amide bonds. The highest BCUT2D eigenvalue weighted by molar-refractivity contribution is 4.80. The van der Waals surface area contributed by atoms with Crippen molar-refractivity contribution in [2.24, 2.45) is 17.8 Å². The highest BCUT2D eigenvalue weighted by Gasteiger charge is 2.28. The third kappa shape index (κ3) is 3.98. The van der Waals surface area contributed by atoms with Gasteiger partial charge in [0.25, 0.3) is 0 Å². The molecule has 1 heteroatoms. The Morgan fingerprint density at radius 1 is 0.941 bits per heavy atom. The maximum atomic E-state index is 10.4. The third-order valence-corrected chi connectivity index (χ3v) is 5.18. The Kier molecular flexibility index (Phi) is 5.34. The van der Waals surface area contributed by atoms with Crippen LogP contribution >= 0.6 is 0 Å². The molecular formula is C16H30O. The van der Waals surface area contributed by atoms with E-state index in [0.29, 0.717) is 5.92 Å². The van der Waals surface area contributed by atoms with E-state index in [1.54, 1.807) is 0 Å². The second-order valence-electron chi connectivity index (χ2n) is 6.52. The van der Waals surface area contributed by atoms with Crippen LogP contribution in [0.2, 0.25) is 0 Å². The van der Waals surface area contributed by atoms with Gasteiger partial charge in [-0.25, -0.2) is 0 Å². The molecule has 2 aliphatic carbocycles. The molecule has 2 rings (SSSR count). The number of hydrogen-bond acceptors (Lipinski definition) is 1. The van der Waals surface area contributed by atoms with Crippen LogP contribution < -0.4 is 0 Å². The first kappa shape index (κ1) is 13.4. The molecule has 100 valence electrons. The van der Waals surface area contributed by atoms with Crippen molar-refractivity contribution in [1.82, 2.24) is 0 Å². The Morgan fingerprint density at radius 2 is 1.59 bits per heavy atom. The lowest BCUT2D eigenvalue weighted by Gasteiger charge is -2.32. The first-order valence-electron chi connectivity index (χ1n) is 7.97. The van der Waals surface area contributed by atoms with Crippen LogP contribution in [0.5, 0.6) is 0 Å². The van der Waals surface area contributed by atoms with Gasteiger partial charge in [0.1, 0.15) is 0 Å². The average molecular weight is 238 g/mol. The molecule has 2 saturated carbocycles. The van der Waals surface area contributed by atoms with Gasteiger partial charge in [0, 0.05) is 0 Å². The van der Waals surface area contributed by atoms with E-state index in [1.807, 2.05) is 0 Å². The van der Waals surface area contributed by atoms with Crippen LogP contribution in [0.3, 0.4) is 0 Å². The fourth-order valence-corrected chi connectivity index (χ4v) is 4.05. The summed E-state index contributed by atoms with van der Waals surface area (Å²) in [4.78, 5) is 0. The lowest BCUT2D eigenvalue weighted by atomic mass is 9.76. The van der Waals surface area contributed by atoms with Gasteiger partial charge in [-0.2, -0.15) is 0 Å². The van der Waals surface area contributed by atoms with Gasteiger partial charge < -0.3 is 5.11 Å². The number of rotatable bonds is 5. The zero-order valence-corrected chi connectivity index (χ0v) is 11.5. The van der Waals surface area contributed by atoms with Gasteiger partial charge in [0.05, 0.1) is 6.10 Å². The fourth-order valence-electron chi connectivity index (χ4n) is 4.05. The van der Waals surface area contributed by atoms with E-state index in [1.165, 1.54) is 64.2 Å². The monoisotopic (exact) mass is 238 g/mol. The Labute approximate surface area is 107 Å². The molecular weight excluding hydrogens is 208 g/mol. The second-order valence-corrected chi connectivity index (χ2v) is 6.52. The molecule has 0 aromatic carbocycles. The van der Waals surface area contributed by atoms with Crippen molar-refractivity contribution in [3.8, 4) is 0 Å². The topological polar surface area (TPSA) is 20.2 Å². The second kappa shape index (κ2) is 6.78. The number of aliphatic hydroxyl groups excluding tert-OH is 1. The van der Waals surface area contributed by atoms with Gasteiger partial charge in [-0.15, -0.1) is 0 Å². The van der Waals surface area contributed by atoms with E-state index in [-0.39, 0.29) is 6.10 Å².